The maximum Gasteiger partial charge on any atom is 0.146 e. The Morgan fingerprint density at radius 1 is 1.40 bits per heavy atom. The summed E-state index contributed by atoms with van der Waals surface area (Å²) in [6.07, 6.45) is 1.02. The molecule has 1 aliphatic rings. The van der Waals surface area contributed by atoms with E-state index in [1.165, 1.54) is 5.56 Å². The van der Waals surface area contributed by atoms with Crippen molar-refractivity contribution in [3.63, 3.8) is 0 Å². The fourth-order valence-corrected chi connectivity index (χ4v) is 2.23. The highest BCUT2D eigenvalue weighted by Gasteiger charge is 2.35. The van der Waals surface area contributed by atoms with Crippen molar-refractivity contribution in [3.05, 3.63) is 35.9 Å². The lowest BCUT2D eigenvalue weighted by molar-refractivity contribution is -0.128. The highest BCUT2D eigenvalue weighted by molar-refractivity contribution is 5.82. The molecule has 1 saturated heterocycles. The minimum atomic E-state index is 0.153. The molecule has 0 bridgehead atoms. The van der Waals surface area contributed by atoms with Crippen molar-refractivity contribution in [2.75, 3.05) is 6.54 Å². The van der Waals surface area contributed by atoms with E-state index < -0.39 is 0 Å². The van der Waals surface area contributed by atoms with Crippen LogP contribution in [0.2, 0.25) is 0 Å². The lowest BCUT2D eigenvalue weighted by Gasteiger charge is -2.43. The summed E-state index contributed by atoms with van der Waals surface area (Å²) in [6, 6.07) is 10.9. The van der Waals surface area contributed by atoms with Crippen LogP contribution in [0.15, 0.2) is 30.3 Å². The summed E-state index contributed by atoms with van der Waals surface area (Å²) in [5.74, 6) is 0.295. The fourth-order valence-electron chi connectivity index (χ4n) is 2.23. The Hall–Kier alpha value is -1.15. The molecule has 0 N–H and O–H groups in total. The van der Waals surface area contributed by atoms with Crippen LogP contribution in [-0.4, -0.2) is 23.3 Å². The molecule has 80 valence electrons. The molecule has 0 aromatic heterocycles. The lowest BCUT2D eigenvalue weighted by Crippen LogP contribution is -2.52. The maximum absolute atomic E-state index is 11.3. The van der Waals surface area contributed by atoms with Crippen molar-refractivity contribution in [1.82, 2.24) is 4.90 Å². The lowest BCUT2D eigenvalue weighted by atomic mass is 9.94. The third-order valence-electron chi connectivity index (χ3n) is 3.31. The number of Topliss-reactive ketones (excluding diaryl/α,β-unsaturated/α-hetero) is 1. The van der Waals surface area contributed by atoms with Gasteiger partial charge in [-0.15, -0.1) is 0 Å². The molecule has 2 heteroatoms. The quantitative estimate of drug-likeness (QED) is 0.752. The fraction of sp³-hybridized carbons (Fsp3) is 0.462. The predicted molar refractivity (Wildman–Crippen MR) is 60.6 cm³/mol. The van der Waals surface area contributed by atoms with Gasteiger partial charge in [-0.1, -0.05) is 30.3 Å². The number of carbonyl (C=O) groups excluding carboxylic acids is 1. The van der Waals surface area contributed by atoms with Gasteiger partial charge in [0.1, 0.15) is 5.78 Å². The van der Waals surface area contributed by atoms with E-state index in [2.05, 4.69) is 24.0 Å². The Labute approximate surface area is 90.9 Å². The number of carbonyl (C=O) groups is 1. The zero-order chi connectivity index (χ0) is 10.8. The predicted octanol–water partition coefficient (Wildman–Crippen LogP) is 2.41. The second kappa shape index (κ2) is 4.15. The second-order valence-electron chi connectivity index (χ2n) is 4.24. The average Bonchev–Trinajstić information content (AvgIpc) is 2.16. The van der Waals surface area contributed by atoms with E-state index in [1.54, 1.807) is 6.92 Å². The topological polar surface area (TPSA) is 20.3 Å². The summed E-state index contributed by atoms with van der Waals surface area (Å²) < 4.78 is 0. The highest BCUT2D eigenvalue weighted by atomic mass is 16.1. The van der Waals surface area contributed by atoms with Gasteiger partial charge in [-0.3, -0.25) is 9.69 Å². The molecular formula is C13H17NO. The van der Waals surface area contributed by atoms with Gasteiger partial charge in [0, 0.05) is 12.6 Å². The Morgan fingerprint density at radius 3 is 2.53 bits per heavy atom. The Morgan fingerprint density at radius 2 is 2.07 bits per heavy atom. The van der Waals surface area contributed by atoms with Crippen molar-refractivity contribution in [1.29, 1.82) is 0 Å². The van der Waals surface area contributed by atoms with Crippen LogP contribution in [-0.2, 0) is 4.79 Å². The Bertz CT molecular complexity index is 347. The summed E-state index contributed by atoms with van der Waals surface area (Å²) in [5, 5.41) is 0. The van der Waals surface area contributed by atoms with Crippen LogP contribution in [0.4, 0.5) is 0 Å². The molecule has 2 atom stereocenters. The smallest absolute Gasteiger partial charge is 0.146 e. The van der Waals surface area contributed by atoms with Crippen LogP contribution in [0.3, 0.4) is 0 Å². The van der Waals surface area contributed by atoms with Gasteiger partial charge in [0.2, 0.25) is 0 Å². The number of ketones is 1. The van der Waals surface area contributed by atoms with E-state index in [9.17, 15) is 4.79 Å². The largest absolute Gasteiger partial charge is 0.298 e. The van der Waals surface area contributed by atoms with E-state index in [0.717, 1.165) is 13.0 Å². The van der Waals surface area contributed by atoms with Gasteiger partial charge in [-0.25, -0.2) is 0 Å². The maximum atomic E-state index is 11.3. The van der Waals surface area contributed by atoms with Gasteiger partial charge in [0.05, 0.1) is 6.04 Å². The highest BCUT2D eigenvalue weighted by Crippen LogP contribution is 2.30. The molecule has 1 aromatic carbocycles. The number of rotatable bonds is 3. The van der Waals surface area contributed by atoms with Crippen LogP contribution in [0.5, 0.6) is 0 Å². The zero-order valence-electron chi connectivity index (χ0n) is 9.31. The summed E-state index contributed by atoms with van der Waals surface area (Å²) in [5.41, 5.74) is 1.29. The molecular weight excluding hydrogens is 186 g/mol. The number of hydrogen-bond donors (Lipinski definition) is 0. The first-order valence-electron chi connectivity index (χ1n) is 5.51. The summed E-state index contributed by atoms with van der Waals surface area (Å²) >= 11 is 0. The van der Waals surface area contributed by atoms with Gasteiger partial charge >= 0.3 is 0 Å². The number of hydrogen-bond acceptors (Lipinski definition) is 2. The minimum absolute atomic E-state index is 0.153. The Balaban J connectivity index is 2.09. The van der Waals surface area contributed by atoms with Crippen LogP contribution in [0, 0.1) is 0 Å². The van der Waals surface area contributed by atoms with Gasteiger partial charge in [-0.05, 0) is 25.8 Å². The molecule has 0 spiro atoms. The third kappa shape index (κ3) is 1.95. The average molecular weight is 203 g/mol. The van der Waals surface area contributed by atoms with Crippen molar-refractivity contribution in [3.8, 4) is 0 Å². The van der Waals surface area contributed by atoms with E-state index in [0.29, 0.717) is 11.8 Å². The van der Waals surface area contributed by atoms with Crippen LogP contribution >= 0.6 is 0 Å². The molecule has 1 fully saturated rings. The molecule has 0 unspecified atom stereocenters. The number of benzene rings is 1. The number of nitrogens with zero attached hydrogens (tertiary/aromatic N) is 1. The van der Waals surface area contributed by atoms with E-state index >= 15 is 0 Å². The number of likely N-dealkylation sites (tertiary alicyclic amines) is 1. The van der Waals surface area contributed by atoms with Crippen molar-refractivity contribution < 1.29 is 4.79 Å². The van der Waals surface area contributed by atoms with Crippen LogP contribution in [0.1, 0.15) is 31.9 Å². The first kappa shape index (κ1) is 10.4. The molecule has 1 heterocycles. The van der Waals surface area contributed by atoms with Crippen LogP contribution in [0.25, 0.3) is 0 Å². The monoisotopic (exact) mass is 203 g/mol. The normalized spacial score (nSPS) is 23.2. The Kier molecular flexibility index (Phi) is 2.87. The summed E-state index contributed by atoms with van der Waals surface area (Å²) in [7, 11) is 0. The van der Waals surface area contributed by atoms with Crippen molar-refractivity contribution in [2.45, 2.75) is 32.4 Å². The van der Waals surface area contributed by atoms with Gasteiger partial charge in [0.25, 0.3) is 0 Å². The van der Waals surface area contributed by atoms with Gasteiger partial charge in [-0.2, -0.15) is 0 Å². The summed E-state index contributed by atoms with van der Waals surface area (Å²) in [4.78, 5) is 13.6. The zero-order valence-corrected chi connectivity index (χ0v) is 9.31. The second-order valence-corrected chi connectivity index (χ2v) is 4.24. The molecule has 0 saturated carbocycles. The molecule has 1 aliphatic heterocycles. The third-order valence-corrected chi connectivity index (χ3v) is 3.31. The van der Waals surface area contributed by atoms with Crippen molar-refractivity contribution >= 4 is 5.78 Å². The molecule has 15 heavy (non-hydrogen) atoms. The molecule has 0 radical (unpaired) electrons. The SMILES string of the molecule is CC(=O)[C@H]1CCN1[C@H](C)c1ccccc1. The first-order valence-corrected chi connectivity index (χ1v) is 5.51. The van der Waals surface area contributed by atoms with E-state index in [1.807, 2.05) is 18.2 Å². The minimum Gasteiger partial charge on any atom is -0.298 e. The van der Waals surface area contributed by atoms with Gasteiger partial charge < -0.3 is 0 Å². The van der Waals surface area contributed by atoms with E-state index in [4.69, 9.17) is 0 Å². The summed E-state index contributed by atoms with van der Waals surface area (Å²) in [6.45, 7) is 4.90. The molecule has 2 nitrogen and oxygen atoms in total. The molecule has 1 aromatic rings. The molecule has 0 aliphatic carbocycles. The van der Waals surface area contributed by atoms with Gasteiger partial charge in [0.15, 0.2) is 0 Å². The molecule has 0 amide bonds. The van der Waals surface area contributed by atoms with Crippen LogP contribution < -0.4 is 0 Å². The van der Waals surface area contributed by atoms with Crippen molar-refractivity contribution in [2.24, 2.45) is 0 Å². The molecule has 2 rings (SSSR count). The first-order chi connectivity index (χ1) is 7.20. The standard InChI is InChI=1S/C13H17NO/c1-10(12-6-4-3-5-7-12)14-9-8-13(14)11(2)15/h3-7,10,13H,8-9H2,1-2H3/t10-,13-/m1/s1. The van der Waals surface area contributed by atoms with E-state index in [-0.39, 0.29) is 6.04 Å².